The van der Waals surface area contributed by atoms with Crippen LogP contribution < -0.4 is 5.69 Å². The third-order valence-electron chi connectivity index (χ3n) is 6.24. The molecule has 5 aromatic rings. The normalized spacial score (nSPS) is 14.9. The van der Waals surface area contributed by atoms with Gasteiger partial charge in [-0.2, -0.15) is 0 Å². The number of nitrogens with one attached hydrogen (secondary N) is 1. The van der Waals surface area contributed by atoms with Crippen LogP contribution in [0.4, 0.5) is 0 Å². The minimum atomic E-state index is -0.583. The third-order valence-corrected chi connectivity index (χ3v) is 7.05. The molecule has 0 saturated carbocycles. The Morgan fingerprint density at radius 1 is 0.970 bits per heavy atom. The summed E-state index contributed by atoms with van der Waals surface area (Å²) in [5.41, 5.74) is 3.79. The largest absolute Gasteiger partial charge is 0.508 e. The van der Waals surface area contributed by atoms with Gasteiger partial charge in [-0.05, 0) is 41.5 Å². The summed E-state index contributed by atoms with van der Waals surface area (Å²) in [4.78, 5) is 17.2. The number of imidazole rings is 1. The Kier molecular flexibility index (Phi) is 4.37. The van der Waals surface area contributed by atoms with Crippen molar-refractivity contribution in [1.29, 1.82) is 0 Å². The molecule has 33 heavy (non-hydrogen) atoms. The number of halogens is 2. The Balaban J connectivity index is 1.69. The average molecular weight is 478 g/mol. The van der Waals surface area contributed by atoms with E-state index in [0.717, 1.165) is 22.2 Å². The van der Waals surface area contributed by atoms with Crippen LogP contribution in [0, 0.1) is 0 Å². The number of phenolic OH excluding ortho intramolecular Hbond substituents is 1. The smallest absolute Gasteiger partial charge is 0.336 e. The average Bonchev–Trinajstić information content (AvgIpc) is 3.29. The second kappa shape index (κ2) is 7.20. The van der Waals surface area contributed by atoms with Crippen molar-refractivity contribution in [1.82, 2.24) is 14.1 Å². The van der Waals surface area contributed by atoms with Gasteiger partial charge in [0.1, 0.15) is 11.8 Å². The molecule has 1 aliphatic heterocycles. The van der Waals surface area contributed by atoms with E-state index in [1.54, 1.807) is 41.0 Å². The van der Waals surface area contributed by atoms with Gasteiger partial charge in [-0.3, -0.25) is 4.57 Å². The quantitative estimate of drug-likeness (QED) is 0.313. The fourth-order valence-electron chi connectivity index (χ4n) is 4.82. The van der Waals surface area contributed by atoms with Gasteiger partial charge < -0.3 is 15.2 Å². The summed E-state index contributed by atoms with van der Waals surface area (Å²) >= 11 is 12.6. The van der Waals surface area contributed by atoms with Crippen molar-refractivity contribution in [2.24, 2.45) is 0 Å². The molecule has 1 aliphatic rings. The Morgan fingerprint density at radius 2 is 1.76 bits per heavy atom. The maximum absolute atomic E-state index is 13.8. The fraction of sp³-hybridized carbons (Fsp3) is 0.0800. The maximum atomic E-state index is 13.8. The molecule has 0 saturated heterocycles. The zero-order valence-electron chi connectivity index (χ0n) is 17.1. The number of aromatic hydroxyl groups is 2. The predicted octanol–water partition coefficient (Wildman–Crippen LogP) is 5.38. The first-order chi connectivity index (χ1) is 16.0. The summed E-state index contributed by atoms with van der Waals surface area (Å²) in [5.74, 6) is -0.0999. The van der Waals surface area contributed by atoms with E-state index in [9.17, 15) is 15.0 Å². The highest BCUT2D eigenvalue weighted by atomic mass is 35.5. The van der Waals surface area contributed by atoms with Crippen molar-refractivity contribution in [2.45, 2.75) is 12.5 Å². The summed E-state index contributed by atoms with van der Waals surface area (Å²) in [7, 11) is 0. The lowest BCUT2D eigenvalue weighted by atomic mass is 9.93. The molecule has 1 unspecified atom stereocenters. The molecule has 6 rings (SSSR count). The van der Waals surface area contributed by atoms with Crippen LogP contribution in [0.3, 0.4) is 0 Å². The fourth-order valence-corrected chi connectivity index (χ4v) is 5.20. The molecule has 8 heteroatoms. The second-order valence-electron chi connectivity index (χ2n) is 8.07. The Morgan fingerprint density at radius 3 is 2.58 bits per heavy atom. The van der Waals surface area contributed by atoms with E-state index in [-0.39, 0.29) is 21.7 Å². The zero-order chi connectivity index (χ0) is 22.9. The highest BCUT2D eigenvalue weighted by Crippen LogP contribution is 2.42. The van der Waals surface area contributed by atoms with Crippen LogP contribution in [-0.4, -0.2) is 24.3 Å². The Labute approximate surface area is 197 Å². The number of aromatic nitrogens is 3. The number of hydrogen-bond donors (Lipinski definition) is 3. The minimum absolute atomic E-state index is 0.0897. The van der Waals surface area contributed by atoms with Gasteiger partial charge in [0.15, 0.2) is 0 Å². The summed E-state index contributed by atoms with van der Waals surface area (Å²) in [6, 6.07) is 19.0. The molecule has 2 aromatic heterocycles. The molecule has 1 atom stereocenters. The van der Waals surface area contributed by atoms with E-state index in [0.29, 0.717) is 23.4 Å². The lowest BCUT2D eigenvalue weighted by Gasteiger charge is -2.26. The summed E-state index contributed by atoms with van der Waals surface area (Å²) < 4.78 is 2.74. The van der Waals surface area contributed by atoms with E-state index in [2.05, 4.69) is 4.98 Å². The monoisotopic (exact) mass is 477 g/mol. The standard InChI is InChI=1S/C25H17Cl2N3O3/c26-17-8-4-10-19(21(17)27)30-24(32)20-12-16-15-7-1-2-9-18(15)28-22(16)23(29(20)25(30)33)13-5-3-6-14(31)11-13/h1-11,23,28,31-32H,12H2. The predicted molar refractivity (Wildman–Crippen MR) is 128 cm³/mol. The number of fused-ring (bicyclic) bond motifs is 4. The summed E-state index contributed by atoms with van der Waals surface area (Å²) in [5, 5.41) is 22.9. The lowest BCUT2D eigenvalue weighted by Crippen LogP contribution is -2.32. The molecule has 3 heterocycles. The second-order valence-corrected chi connectivity index (χ2v) is 8.85. The molecule has 0 fully saturated rings. The van der Waals surface area contributed by atoms with Gasteiger partial charge in [0.25, 0.3) is 0 Å². The van der Waals surface area contributed by atoms with E-state index in [1.807, 2.05) is 30.3 Å². The highest BCUT2D eigenvalue weighted by Gasteiger charge is 2.36. The molecule has 3 N–H and O–H groups in total. The van der Waals surface area contributed by atoms with Crippen molar-refractivity contribution in [3.05, 3.63) is 110 Å². The molecule has 0 aliphatic carbocycles. The molecule has 0 amide bonds. The van der Waals surface area contributed by atoms with E-state index in [4.69, 9.17) is 23.2 Å². The van der Waals surface area contributed by atoms with Crippen LogP contribution in [0.1, 0.15) is 28.6 Å². The van der Waals surface area contributed by atoms with Crippen LogP contribution in [0.2, 0.25) is 10.0 Å². The molecule has 0 bridgehead atoms. The van der Waals surface area contributed by atoms with Gasteiger partial charge in [0.2, 0.25) is 5.88 Å². The van der Waals surface area contributed by atoms with Gasteiger partial charge >= 0.3 is 5.69 Å². The molecule has 6 nitrogen and oxygen atoms in total. The minimum Gasteiger partial charge on any atom is -0.508 e. The first-order valence-corrected chi connectivity index (χ1v) is 11.1. The number of nitrogens with zero attached hydrogens (tertiary/aromatic N) is 2. The van der Waals surface area contributed by atoms with Crippen molar-refractivity contribution >= 4 is 34.1 Å². The van der Waals surface area contributed by atoms with Crippen molar-refractivity contribution < 1.29 is 10.2 Å². The lowest BCUT2D eigenvalue weighted by molar-refractivity contribution is 0.433. The van der Waals surface area contributed by atoms with E-state index < -0.39 is 11.7 Å². The van der Waals surface area contributed by atoms with Crippen LogP contribution in [-0.2, 0) is 6.42 Å². The Hall–Kier alpha value is -3.61. The topological polar surface area (TPSA) is 83.2 Å². The number of hydrogen-bond acceptors (Lipinski definition) is 3. The first-order valence-electron chi connectivity index (χ1n) is 10.3. The molecular formula is C25H17Cl2N3O3. The molecule has 3 aromatic carbocycles. The summed E-state index contributed by atoms with van der Waals surface area (Å²) in [6.45, 7) is 0. The number of phenols is 1. The third kappa shape index (κ3) is 2.84. The van der Waals surface area contributed by atoms with Gasteiger partial charge in [-0.15, -0.1) is 0 Å². The highest BCUT2D eigenvalue weighted by molar-refractivity contribution is 6.43. The van der Waals surface area contributed by atoms with Crippen LogP contribution in [0.15, 0.2) is 71.5 Å². The van der Waals surface area contributed by atoms with E-state index >= 15 is 0 Å². The number of benzene rings is 3. The van der Waals surface area contributed by atoms with E-state index in [1.165, 1.54) is 4.57 Å². The maximum Gasteiger partial charge on any atom is 0.336 e. The van der Waals surface area contributed by atoms with Gasteiger partial charge in [0.05, 0.1) is 21.4 Å². The number of para-hydroxylation sites is 1. The molecular weight excluding hydrogens is 461 g/mol. The summed E-state index contributed by atoms with van der Waals surface area (Å²) in [6.07, 6.45) is 0.348. The van der Waals surface area contributed by atoms with Gasteiger partial charge in [-0.1, -0.05) is 59.6 Å². The SMILES string of the molecule is O=c1n(-c2cccc(Cl)c2Cl)c(O)c2n1C(c1cccc(O)c1)c1[nH]c3ccccc3c1C2. The van der Waals surface area contributed by atoms with Crippen molar-refractivity contribution in [3.8, 4) is 17.3 Å². The number of aromatic amines is 1. The number of H-pyrrole nitrogens is 1. The van der Waals surface area contributed by atoms with Crippen LogP contribution >= 0.6 is 23.2 Å². The molecule has 164 valence electrons. The zero-order valence-corrected chi connectivity index (χ0v) is 18.6. The molecule has 0 radical (unpaired) electrons. The first kappa shape index (κ1) is 20.0. The van der Waals surface area contributed by atoms with Crippen molar-refractivity contribution in [3.63, 3.8) is 0 Å². The number of rotatable bonds is 2. The van der Waals surface area contributed by atoms with Crippen LogP contribution in [0.5, 0.6) is 11.6 Å². The van der Waals surface area contributed by atoms with Crippen LogP contribution in [0.25, 0.3) is 16.6 Å². The Bertz CT molecular complexity index is 1630. The van der Waals surface area contributed by atoms with Gasteiger partial charge in [0, 0.05) is 23.0 Å². The van der Waals surface area contributed by atoms with Crippen molar-refractivity contribution in [2.75, 3.05) is 0 Å². The molecule has 0 spiro atoms. The van der Waals surface area contributed by atoms with Gasteiger partial charge in [-0.25, -0.2) is 9.36 Å².